The van der Waals surface area contributed by atoms with E-state index in [0.29, 0.717) is 6.42 Å². The van der Waals surface area contributed by atoms with Crippen molar-refractivity contribution in [2.75, 3.05) is 0 Å². The number of aliphatic hydroxyl groups is 2. The highest BCUT2D eigenvalue weighted by Crippen LogP contribution is 2.30. The van der Waals surface area contributed by atoms with Gasteiger partial charge in [0.25, 0.3) is 0 Å². The van der Waals surface area contributed by atoms with E-state index >= 15 is 0 Å². The van der Waals surface area contributed by atoms with Gasteiger partial charge in [-0.1, -0.05) is 12.2 Å². The van der Waals surface area contributed by atoms with Crippen LogP contribution in [0.4, 0.5) is 0 Å². The van der Waals surface area contributed by atoms with Crippen LogP contribution in [0, 0.1) is 13.8 Å². The smallest absolute Gasteiger partial charge is 0.0986 e. The summed E-state index contributed by atoms with van der Waals surface area (Å²) in [6.45, 7) is 6.12. The van der Waals surface area contributed by atoms with Gasteiger partial charge in [-0.2, -0.15) is 0 Å². The highest BCUT2D eigenvalue weighted by molar-refractivity contribution is 5.23. The van der Waals surface area contributed by atoms with Crippen LogP contribution in [0.1, 0.15) is 36.1 Å². The lowest BCUT2D eigenvalue weighted by Crippen LogP contribution is -2.31. The molecule has 0 aliphatic carbocycles. The summed E-state index contributed by atoms with van der Waals surface area (Å²) in [5, 5.41) is 21.0. The first kappa shape index (κ1) is 15.1. The second kappa shape index (κ2) is 5.78. The quantitative estimate of drug-likeness (QED) is 0.856. The average Bonchev–Trinajstić information content (AvgIpc) is 3.01. The van der Waals surface area contributed by atoms with Gasteiger partial charge in [-0.05, 0) is 45.0 Å². The van der Waals surface area contributed by atoms with Crippen molar-refractivity contribution >= 4 is 0 Å². The molecule has 1 aliphatic rings. The lowest BCUT2D eigenvalue weighted by Gasteiger charge is -2.30. The maximum absolute atomic E-state index is 11.0. The maximum Gasteiger partial charge on any atom is 0.0986 e. The number of aryl methyl sites for hydroxylation is 2. The third kappa shape index (κ3) is 2.53. The van der Waals surface area contributed by atoms with Crippen LogP contribution in [0.15, 0.2) is 42.6 Å². The Bertz CT molecular complexity index is 683. The van der Waals surface area contributed by atoms with Crippen molar-refractivity contribution < 1.29 is 10.2 Å². The Labute approximate surface area is 131 Å². The normalized spacial score (nSPS) is 23.9. The molecule has 0 aromatic carbocycles. The van der Waals surface area contributed by atoms with Gasteiger partial charge in [0, 0.05) is 29.7 Å². The van der Waals surface area contributed by atoms with Gasteiger partial charge in [0.1, 0.15) is 0 Å². The summed E-state index contributed by atoms with van der Waals surface area (Å²) in [5.74, 6) is 0. The van der Waals surface area contributed by atoms with Crippen molar-refractivity contribution in [3.63, 3.8) is 0 Å². The molecular formula is C18H24N2O2. The molecule has 2 aromatic heterocycles. The molecule has 2 aromatic rings. The van der Waals surface area contributed by atoms with E-state index in [4.69, 9.17) is 0 Å². The van der Waals surface area contributed by atoms with Gasteiger partial charge in [0.2, 0.25) is 0 Å². The first-order chi connectivity index (χ1) is 10.5. The summed E-state index contributed by atoms with van der Waals surface area (Å²) in [7, 11) is 0. The molecule has 0 radical (unpaired) electrons. The van der Waals surface area contributed by atoms with Crippen molar-refractivity contribution in [2.45, 2.75) is 51.5 Å². The van der Waals surface area contributed by atoms with Crippen LogP contribution in [0.3, 0.4) is 0 Å². The summed E-state index contributed by atoms with van der Waals surface area (Å²) < 4.78 is 4.24. The van der Waals surface area contributed by atoms with Crippen molar-refractivity contribution in [2.24, 2.45) is 0 Å². The van der Waals surface area contributed by atoms with Crippen LogP contribution in [0.2, 0.25) is 0 Å². The molecule has 118 valence electrons. The Morgan fingerprint density at radius 1 is 1.14 bits per heavy atom. The zero-order valence-electron chi connectivity index (χ0n) is 13.3. The topological polar surface area (TPSA) is 50.3 Å². The molecule has 3 rings (SSSR count). The van der Waals surface area contributed by atoms with Crippen LogP contribution >= 0.6 is 0 Å². The lowest BCUT2D eigenvalue weighted by molar-refractivity contribution is 0.0829. The van der Waals surface area contributed by atoms with Crippen LogP contribution in [-0.4, -0.2) is 31.6 Å². The summed E-state index contributed by atoms with van der Waals surface area (Å²) >= 11 is 0. The summed E-state index contributed by atoms with van der Waals surface area (Å²) in [6, 6.07) is 7.91. The molecule has 22 heavy (non-hydrogen) atoms. The predicted octanol–water partition coefficient (Wildman–Crippen LogP) is 2.54. The van der Waals surface area contributed by atoms with Crippen molar-refractivity contribution in [1.29, 1.82) is 0 Å². The van der Waals surface area contributed by atoms with E-state index in [1.54, 1.807) is 6.08 Å². The minimum atomic E-state index is -0.572. The largest absolute Gasteiger partial charge is 0.389 e. The Morgan fingerprint density at radius 3 is 2.59 bits per heavy atom. The van der Waals surface area contributed by atoms with E-state index in [2.05, 4.69) is 9.13 Å². The van der Waals surface area contributed by atoms with Gasteiger partial charge in [0.05, 0.1) is 24.3 Å². The highest BCUT2D eigenvalue weighted by Gasteiger charge is 2.29. The van der Waals surface area contributed by atoms with Gasteiger partial charge in [-0.25, -0.2) is 0 Å². The van der Waals surface area contributed by atoms with E-state index in [1.165, 1.54) is 0 Å². The summed E-state index contributed by atoms with van der Waals surface area (Å²) in [6.07, 6.45) is 5.27. The molecule has 4 heteroatoms. The van der Waals surface area contributed by atoms with Gasteiger partial charge >= 0.3 is 0 Å². The second-order valence-electron chi connectivity index (χ2n) is 6.27. The molecule has 0 spiro atoms. The number of aromatic nitrogens is 2. The standard InChI is InChI=1S/C18H24N2O2/c1-12-5-4-10-19(12)14(3)18(22)17-9-8-16(21)11-15-7-6-13(2)20(15)17/h4-10,14,16-18,21-22H,11H2,1-3H3/t14-,16?,17+,18-/m1/s1. The number of fused-ring (bicyclic) bond motifs is 1. The number of hydrogen-bond donors (Lipinski definition) is 2. The van der Waals surface area contributed by atoms with Gasteiger partial charge in [0.15, 0.2) is 0 Å². The van der Waals surface area contributed by atoms with Gasteiger partial charge in [-0.15, -0.1) is 0 Å². The van der Waals surface area contributed by atoms with Gasteiger partial charge < -0.3 is 19.3 Å². The molecule has 0 bridgehead atoms. The van der Waals surface area contributed by atoms with E-state index in [9.17, 15) is 10.2 Å². The summed E-state index contributed by atoms with van der Waals surface area (Å²) in [4.78, 5) is 0. The third-order valence-electron chi connectivity index (χ3n) is 4.73. The summed E-state index contributed by atoms with van der Waals surface area (Å²) in [5.41, 5.74) is 3.30. The van der Waals surface area contributed by atoms with E-state index in [1.807, 2.05) is 57.3 Å². The van der Waals surface area contributed by atoms with Crippen LogP contribution < -0.4 is 0 Å². The fraction of sp³-hybridized carbons (Fsp3) is 0.444. The zero-order chi connectivity index (χ0) is 15.9. The van der Waals surface area contributed by atoms with Crippen LogP contribution in [-0.2, 0) is 6.42 Å². The van der Waals surface area contributed by atoms with Crippen LogP contribution in [0.5, 0.6) is 0 Å². The van der Waals surface area contributed by atoms with E-state index in [-0.39, 0.29) is 12.1 Å². The molecule has 2 N–H and O–H groups in total. The minimum absolute atomic E-state index is 0.0467. The monoisotopic (exact) mass is 300 g/mol. The lowest BCUT2D eigenvalue weighted by atomic mass is 10.0. The number of nitrogens with zero attached hydrogens (tertiary/aromatic N) is 2. The zero-order valence-corrected chi connectivity index (χ0v) is 13.3. The number of rotatable bonds is 3. The number of hydrogen-bond acceptors (Lipinski definition) is 2. The van der Waals surface area contributed by atoms with Crippen molar-refractivity contribution in [1.82, 2.24) is 9.13 Å². The molecule has 0 fully saturated rings. The molecule has 1 unspecified atom stereocenters. The highest BCUT2D eigenvalue weighted by atomic mass is 16.3. The van der Waals surface area contributed by atoms with Crippen molar-refractivity contribution in [3.05, 3.63) is 59.7 Å². The molecule has 0 amide bonds. The molecule has 3 heterocycles. The Hall–Kier alpha value is -1.78. The van der Waals surface area contributed by atoms with Crippen molar-refractivity contribution in [3.8, 4) is 0 Å². The second-order valence-corrected chi connectivity index (χ2v) is 6.27. The SMILES string of the molecule is Cc1cccn1[C@H](C)[C@@H](O)[C@@H]1C=CC(O)Cc2ccc(C)n21. The molecule has 4 nitrogen and oxygen atoms in total. The van der Waals surface area contributed by atoms with Crippen LogP contribution in [0.25, 0.3) is 0 Å². The van der Waals surface area contributed by atoms with E-state index in [0.717, 1.165) is 17.1 Å². The fourth-order valence-corrected chi connectivity index (χ4v) is 3.46. The molecule has 4 atom stereocenters. The minimum Gasteiger partial charge on any atom is -0.389 e. The third-order valence-corrected chi connectivity index (χ3v) is 4.73. The molecule has 0 saturated heterocycles. The Morgan fingerprint density at radius 2 is 1.91 bits per heavy atom. The predicted molar refractivity (Wildman–Crippen MR) is 86.9 cm³/mol. The van der Waals surface area contributed by atoms with Gasteiger partial charge in [-0.3, -0.25) is 0 Å². The van der Waals surface area contributed by atoms with E-state index < -0.39 is 12.2 Å². The molecular weight excluding hydrogens is 276 g/mol. The fourth-order valence-electron chi connectivity index (χ4n) is 3.46. The molecule has 0 saturated carbocycles. The first-order valence-electron chi connectivity index (χ1n) is 7.83. The Balaban J connectivity index is 1.97. The Kier molecular flexibility index (Phi) is 3.98. The maximum atomic E-state index is 11.0. The average molecular weight is 300 g/mol. The molecule has 1 aliphatic heterocycles. The first-order valence-corrected chi connectivity index (χ1v) is 7.83. The number of aliphatic hydroxyl groups excluding tert-OH is 2.